The molecule has 0 aromatic heterocycles. The maximum absolute atomic E-state index is 11.5. The van der Waals surface area contributed by atoms with Crippen molar-refractivity contribution in [1.82, 2.24) is 4.90 Å². The highest BCUT2D eigenvalue weighted by molar-refractivity contribution is 5.93. The molecule has 0 saturated carbocycles. The van der Waals surface area contributed by atoms with Crippen molar-refractivity contribution in [2.45, 2.75) is 32.7 Å². The Balaban J connectivity index is 2.68. The van der Waals surface area contributed by atoms with Crippen LogP contribution in [0.4, 0.5) is 0 Å². The second kappa shape index (κ2) is 3.77. The number of nitrogens with zero attached hydrogens (tertiary/aromatic N) is 1. The Hall–Kier alpha value is -1.06. The molecule has 0 aromatic carbocycles. The van der Waals surface area contributed by atoms with Crippen molar-refractivity contribution >= 4 is 11.8 Å². The number of hydrogen-bond donors (Lipinski definition) is 1. The van der Waals surface area contributed by atoms with Crippen LogP contribution in [0.25, 0.3) is 0 Å². The molecule has 1 heterocycles. The zero-order chi connectivity index (χ0) is 10.0. The van der Waals surface area contributed by atoms with Gasteiger partial charge < -0.3 is 10.6 Å². The Labute approximate surface area is 78.1 Å². The van der Waals surface area contributed by atoms with Gasteiger partial charge >= 0.3 is 0 Å². The van der Waals surface area contributed by atoms with E-state index >= 15 is 0 Å². The standard InChI is InChI=1S/C9H15N2O2/c1-6(2)9(13)11-5-3-4-7(11)8(10)12/h7H,3-5H2,1-2H3,(H2,10,12). The van der Waals surface area contributed by atoms with Crippen LogP contribution < -0.4 is 5.73 Å². The Bertz CT molecular complexity index is 226. The number of primary amides is 1. The first-order valence-electron chi connectivity index (χ1n) is 4.44. The summed E-state index contributed by atoms with van der Waals surface area (Å²) < 4.78 is 0. The Kier molecular flexibility index (Phi) is 2.90. The van der Waals surface area contributed by atoms with Crippen LogP contribution in [0.1, 0.15) is 26.7 Å². The molecule has 1 saturated heterocycles. The minimum absolute atomic E-state index is 0.0544. The van der Waals surface area contributed by atoms with Crippen LogP contribution >= 0.6 is 0 Å². The van der Waals surface area contributed by atoms with Gasteiger partial charge in [-0.2, -0.15) is 0 Å². The molecule has 1 unspecified atom stereocenters. The van der Waals surface area contributed by atoms with E-state index in [9.17, 15) is 9.59 Å². The SMILES string of the molecule is C[C](C)C(=O)N1CCCC1C(N)=O. The van der Waals surface area contributed by atoms with Crippen molar-refractivity contribution in [2.75, 3.05) is 6.54 Å². The number of carbonyl (C=O) groups is 2. The summed E-state index contributed by atoms with van der Waals surface area (Å²) >= 11 is 0. The Morgan fingerprint density at radius 2 is 2.00 bits per heavy atom. The number of rotatable bonds is 2. The fourth-order valence-electron chi connectivity index (χ4n) is 1.59. The van der Waals surface area contributed by atoms with Crippen molar-refractivity contribution in [3.8, 4) is 0 Å². The van der Waals surface area contributed by atoms with Crippen molar-refractivity contribution < 1.29 is 9.59 Å². The average Bonchev–Trinajstić information content (AvgIpc) is 2.50. The van der Waals surface area contributed by atoms with E-state index in [0.29, 0.717) is 18.9 Å². The predicted octanol–water partition coefficient (Wildman–Crippen LogP) is 0.0770. The van der Waals surface area contributed by atoms with Crippen molar-refractivity contribution in [2.24, 2.45) is 5.73 Å². The molecule has 2 amide bonds. The lowest BCUT2D eigenvalue weighted by Gasteiger charge is -2.23. The topological polar surface area (TPSA) is 63.4 Å². The normalized spacial score (nSPS) is 22.4. The van der Waals surface area contributed by atoms with Gasteiger partial charge in [0.2, 0.25) is 11.8 Å². The van der Waals surface area contributed by atoms with E-state index in [4.69, 9.17) is 5.73 Å². The molecule has 1 rings (SSSR count). The lowest BCUT2D eigenvalue weighted by atomic mass is 10.1. The van der Waals surface area contributed by atoms with Crippen LogP contribution in [0.2, 0.25) is 0 Å². The van der Waals surface area contributed by atoms with Crippen LogP contribution in [-0.2, 0) is 9.59 Å². The quantitative estimate of drug-likeness (QED) is 0.658. The van der Waals surface area contributed by atoms with Gasteiger partial charge in [-0.05, 0) is 26.7 Å². The van der Waals surface area contributed by atoms with Gasteiger partial charge in [-0.3, -0.25) is 9.59 Å². The minimum atomic E-state index is -0.396. The second-order valence-corrected chi connectivity index (χ2v) is 3.56. The van der Waals surface area contributed by atoms with E-state index in [0.717, 1.165) is 6.42 Å². The van der Waals surface area contributed by atoms with Gasteiger partial charge in [-0.25, -0.2) is 0 Å². The average molecular weight is 183 g/mol. The second-order valence-electron chi connectivity index (χ2n) is 3.56. The summed E-state index contributed by atoms with van der Waals surface area (Å²) in [5.41, 5.74) is 5.18. The highest BCUT2D eigenvalue weighted by Crippen LogP contribution is 2.19. The summed E-state index contributed by atoms with van der Waals surface area (Å²) in [5.74, 6) is 0.251. The van der Waals surface area contributed by atoms with E-state index in [-0.39, 0.29) is 11.9 Å². The van der Waals surface area contributed by atoms with Gasteiger partial charge in [0.15, 0.2) is 0 Å². The zero-order valence-electron chi connectivity index (χ0n) is 8.04. The molecule has 1 aliphatic heterocycles. The molecule has 1 aliphatic rings. The summed E-state index contributed by atoms with van der Waals surface area (Å²) in [6.45, 7) is 4.15. The molecule has 0 spiro atoms. The molecule has 1 atom stereocenters. The van der Waals surface area contributed by atoms with Gasteiger partial charge in [-0.1, -0.05) is 0 Å². The van der Waals surface area contributed by atoms with Crippen molar-refractivity contribution in [3.05, 3.63) is 5.92 Å². The van der Waals surface area contributed by atoms with Crippen molar-refractivity contribution in [3.63, 3.8) is 0 Å². The van der Waals surface area contributed by atoms with Gasteiger partial charge in [-0.15, -0.1) is 0 Å². The van der Waals surface area contributed by atoms with Gasteiger partial charge in [0.05, 0.1) is 5.92 Å². The molecule has 73 valence electrons. The monoisotopic (exact) mass is 183 g/mol. The molecule has 0 aliphatic carbocycles. The van der Waals surface area contributed by atoms with E-state index in [1.807, 2.05) is 0 Å². The molecule has 13 heavy (non-hydrogen) atoms. The maximum atomic E-state index is 11.5. The fraction of sp³-hybridized carbons (Fsp3) is 0.667. The first kappa shape index (κ1) is 10.0. The first-order valence-corrected chi connectivity index (χ1v) is 4.44. The zero-order valence-corrected chi connectivity index (χ0v) is 8.04. The third kappa shape index (κ3) is 1.99. The molecular formula is C9H15N2O2. The molecule has 2 N–H and O–H groups in total. The summed E-state index contributed by atoms with van der Waals surface area (Å²) in [7, 11) is 0. The fourth-order valence-corrected chi connectivity index (χ4v) is 1.59. The molecule has 1 radical (unpaired) electrons. The van der Waals surface area contributed by atoms with Crippen LogP contribution in [0.15, 0.2) is 0 Å². The largest absolute Gasteiger partial charge is 0.368 e. The van der Waals surface area contributed by atoms with Gasteiger partial charge in [0.25, 0.3) is 0 Å². The summed E-state index contributed by atoms with van der Waals surface area (Å²) in [6, 6.07) is -0.387. The number of likely N-dealkylation sites (tertiary alicyclic amines) is 1. The van der Waals surface area contributed by atoms with E-state index in [2.05, 4.69) is 0 Å². The first-order chi connectivity index (χ1) is 6.04. The smallest absolute Gasteiger partial charge is 0.240 e. The predicted molar refractivity (Wildman–Crippen MR) is 48.5 cm³/mol. The number of hydrogen-bond acceptors (Lipinski definition) is 2. The molecule has 1 fully saturated rings. The highest BCUT2D eigenvalue weighted by atomic mass is 16.2. The lowest BCUT2D eigenvalue weighted by molar-refractivity contribution is -0.135. The van der Waals surface area contributed by atoms with Crippen LogP contribution in [-0.4, -0.2) is 29.3 Å². The van der Waals surface area contributed by atoms with Gasteiger partial charge in [0.1, 0.15) is 6.04 Å². The summed E-state index contributed by atoms with van der Waals surface area (Å²) in [6.07, 6.45) is 1.57. The van der Waals surface area contributed by atoms with Crippen LogP contribution in [0.5, 0.6) is 0 Å². The summed E-state index contributed by atoms with van der Waals surface area (Å²) in [5, 5.41) is 0. The minimum Gasteiger partial charge on any atom is -0.368 e. The Morgan fingerprint density at radius 3 is 2.46 bits per heavy atom. The van der Waals surface area contributed by atoms with E-state index < -0.39 is 5.91 Å². The number of carbonyl (C=O) groups excluding carboxylic acids is 2. The van der Waals surface area contributed by atoms with Crippen molar-refractivity contribution in [1.29, 1.82) is 0 Å². The Morgan fingerprint density at radius 1 is 1.38 bits per heavy atom. The van der Waals surface area contributed by atoms with Crippen LogP contribution in [0, 0.1) is 5.92 Å². The van der Waals surface area contributed by atoms with E-state index in [1.165, 1.54) is 0 Å². The number of amides is 2. The van der Waals surface area contributed by atoms with E-state index in [1.54, 1.807) is 18.7 Å². The molecule has 0 bridgehead atoms. The molecule has 4 nitrogen and oxygen atoms in total. The number of nitrogens with two attached hydrogens (primary N) is 1. The molecular weight excluding hydrogens is 168 g/mol. The maximum Gasteiger partial charge on any atom is 0.240 e. The highest BCUT2D eigenvalue weighted by Gasteiger charge is 2.33. The third-order valence-electron chi connectivity index (χ3n) is 2.27. The van der Waals surface area contributed by atoms with Gasteiger partial charge in [0, 0.05) is 6.54 Å². The third-order valence-corrected chi connectivity index (χ3v) is 2.27. The molecule has 0 aromatic rings. The van der Waals surface area contributed by atoms with Crippen LogP contribution in [0.3, 0.4) is 0 Å². The lowest BCUT2D eigenvalue weighted by Crippen LogP contribution is -2.44. The molecule has 4 heteroatoms. The summed E-state index contributed by atoms with van der Waals surface area (Å²) in [4.78, 5) is 24.1.